The lowest BCUT2D eigenvalue weighted by atomic mass is 10.2. The van der Waals surface area contributed by atoms with E-state index in [9.17, 15) is 4.79 Å². The van der Waals surface area contributed by atoms with Gasteiger partial charge in [-0.2, -0.15) is 19.6 Å². The van der Waals surface area contributed by atoms with E-state index in [1.807, 2.05) is 54.4 Å². The highest BCUT2D eigenvalue weighted by Gasteiger charge is 2.19. The molecule has 12 nitrogen and oxygen atoms in total. The maximum absolute atomic E-state index is 10.9. The predicted octanol–water partition coefficient (Wildman–Crippen LogP) is 1.09. The van der Waals surface area contributed by atoms with Gasteiger partial charge in [-0.3, -0.25) is 9.69 Å². The average molecular weight is 492 g/mol. The molecule has 4 aromatic rings. The molecule has 188 valence electrons. The van der Waals surface area contributed by atoms with Gasteiger partial charge in [-0.25, -0.2) is 0 Å². The number of primary amides is 1. The van der Waals surface area contributed by atoms with Crippen LogP contribution in [0, 0.1) is 0 Å². The lowest BCUT2D eigenvalue weighted by molar-refractivity contribution is -0.119. The Bertz CT molecular complexity index is 1310. The number of carbonyl (C=O) groups excluding carboxylic acids is 1. The summed E-state index contributed by atoms with van der Waals surface area (Å²) in [6.07, 6.45) is 1.60. The van der Waals surface area contributed by atoms with Gasteiger partial charge in [-0.15, -0.1) is 0 Å². The molecule has 0 bridgehead atoms. The van der Waals surface area contributed by atoms with Crippen LogP contribution >= 0.6 is 0 Å². The highest BCUT2D eigenvalue weighted by molar-refractivity contribution is 5.75. The Balaban J connectivity index is 1.14. The number of benzene rings is 1. The van der Waals surface area contributed by atoms with E-state index >= 15 is 0 Å². The molecule has 1 amide bonds. The van der Waals surface area contributed by atoms with Crippen LogP contribution in [0.25, 0.3) is 17.1 Å². The second-order valence-corrected chi connectivity index (χ2v) is 8.66. The molecule has 4 heterocycles. The Morgan fingerprint density at radius 3 is 2.61 bits per heavy atom. The van der Waals surface area contributed by atoms with Gasteiger partial charge in [-0.05, 0) is 36.4 Å². The lowest BCUT2D eigenvalue weighted by Gasteiger charge is -2.36. The van der Waals surface area contributed by atoms with E-state index in [0.717, 1.165) is 45.0 Å². The fraction of sp³-hybridized carbons (Fsp3) is 0.333. The summed E-state index contributed by atoms with van der Waals surface area (Å²) in [7, 11) is 1.97. The third kappa shape index (κ3) is 5.18. The van der Waals surface area contributed by atoms with Crippen molar-refractivity contribution in [3.8, 4) is 17.2 Å². The summed E-state index contributed by atoms with van der Waals surface area (Å²) in [6.45, 7) is 5.27. The molecule has 1 saturated heterocycles. The lowest BCUT2D eigenvalue weighted by Crippen LogP contribution is -2.48. The predicted molar refractivity (Wildman–Crippen MR) is 136 cm³/mol. The van der Waals surface area contributed by atoms with Crippen molar-refractivity contribution in [3.63, 3.8) is 0 Å². The van der Waals surface area contributed by atoms with E-state index in [1.54, 1.807) is 6.26 Å². The summed E-state index contributed by atoms with van der Waals surface area (Å²) in [4.78, 5) is 26.7. The second kappa shape index (κ2) is 10.1. The minimum Gasteiger partial charge on any atom is -0.484 e. The zero-order chi connectivity index (χ0) is 25.1. The van der Waals surface area contributed by atoms with Crippen LogP contribution in [0.2, 0.25) is 0 Å². The number of nitrogens with zero attached hydrogens (tertiary/aromatic N) is 7. The highest BCUT2D eigenvalue weighted by atomic mass is 16.5. The molecule has 0 aliphatic carbocycles. The fourth-order valence-corrected chi connectivity index (χ4v) is 4.14. The number of likely N-dealkylation sites (N-methyl/N-ethyl adjacent to an activating group) is 1. The van der Waals surface area contributed by atoms with Gasteiger partial charge in [0.25, 0.3) is 5.91 Å². The molecule has 5 rings (SSSR count). The number of nitrogens with two attached hydrogens (primary N) is 2. The van der Waals surface area contributed by atoms with Crippen LogP contribution in [0.1, 0.15) is 0 Å². The molecule has 1 aliphatic rings. The molecule has 36 heavy (non-hydrogen) atoms. The van der Waals surface area contributed by atoms with E-state index in [1.165, 1.54) is 4.52 Å². The van der Waals surface area contributed by atoms with Crippen molar-refractivity contribution >= 4 is 29.1 Å². The number of hydrogen-bond acceptors (Lipinski definition) is 10. The topological polar surface area (TPSA) is 144 Å². The first-order valence-corrected chi connectivity index (χ1v) is 11.7. The molecule has 0 radical (unpaired) electrons. The van der Waals surface area contributed by atoms with Crippen molar-refractivity contribution in [3.05, 3.63) is 48.7 Å². The van der Waals surface area contributed by atoms with Crippen molar-refractivity contribution in [2.45, 2.75) is 0 Å². The van der Waals surface area contributed by atoms with Crippen molar-refractivity contribution in [2.75, 3.05) is 68.5 Å². The van der Waals surface area contributed by atoms with Crippen LogP contribution in [0.15, 0.2) is 53.1 Å². The number of carbonyl (C=O) groups is 1. The number of aromatic nitrogens is 4. The molecule has 3 aromatic heterocycles. The van der Waals surface area contributed by atoms with Crippen LogP contribution in [-0.2, 0) is 4.79 Å². The smallest absolute Gasteiger partial charge is 0.255 e. The van der Waals surface area contributed by atoms with Gasteiger partial charge in [0.15, 0.2) is 18.0 Å². The molecule has 12 heteroatoms. The monoisotopic (exact) mass is 491 g/mol. The maximum Gasteiger partial charge on any atom is 0.255 e. The summed E-state index contributed by atoms with van der Waals surface area (Å²) >= 11 is 0. The highest BCUT2D eigenvalue weighted by Crippen LogP contribution is 2.23. The molecular weight excluding hydrogens is 462 g/mol. The average Bonchev–Trinajstić information content (AvgIpc) is 3.57. The number of nitrogen functional groups attached to an aromatic ring is 1. The van der Waals surface area contributed by atoms with E-state index in [0.29, 0.717) is 28.8 Å². The van der Waals surface area contributed by atoms with Gasteiger partial charge >= 0.3 is 0 Å². The molecule has 0 unspecified atom stereocenters. The normalized spacial score (nSPS) is 14.3. The Kier molecular flexibility index (Phi) is 6.58. The number of furan rings is 1. The van der Waals surface area contributed by atoms with Gasteiger partial charge in [-0.1, -0.05) is 0 Å². The number of piperazine rings is 1. The van der Waals surface area contributed by atoms with Gasteiger partial charge < -0.3 is 30.4 Å². The zero-order valence-corrected chi connectivity index (χ0v) is 20.1. The Hall–Kier alpha value is -4.32. The maximum atomic E-state index is 10.9. The zero-order valence-electron chi connectivity index (χ0n) is 20.1. The van der Waals surface area contributed by atoms with Crippen molar-refractivity contribution in [2.24, 2.45) is 5.73 Å². The molecule has 1 aliphatic heterocycles. The quantitative estimate of drug-likeness (QED) is 0.349. The van der Waals surface area contributed by atoms with Gasteiger partial charge in [0.1, 0.15) is 11.4 Å². The largest absolute Gasteiger partial charge is 0.484 e. The first-order valence-electron chi connectivity index (χ1n) is 11.7. The molecular formula is C24H29N9O3. The third-order valence-electron chi connectivity index (χ3n) is 6.16. The van der Waals surface area contributed by atoms with Crippen molar-refractivity contribution in [1.82, 2.24) is 24.5 Å². The van der Waals surface area contributed by atoms with Crippen LogP contribution < -0.4 is 26.0 Å². The number of rotatable bonds is 9. The molecule has 1 aromatic carbocycles. The van der Waals surface area contributed by atoms with Gasteiger partial charge in [0, 0.05) is 58.1 Å². The standard InChI is InChI=1S/C24H29N9O3/c1-30(24-27-22-15-19(20-3-2-14-35-20)29-33(22)23(26)28-24)8-9-31-10-12-32(13-11-31)17-4-6-18(7-5-17)36-16-21(25)34/h2-7,14-15H,8-13,16H2,1H3,(H2,25,34)(H2,26,27,28). The van der Waals surface area contributed by atoms with E-state index in [2.05, 4.69) is 24.9 Å². The SMILES string of the molecule is CN(CCN1CCN(c2ccc(OCC(N)=O)cc2)CC1)c1nc(N)n2nc(-c3ccco3)cc2n1. The first kappa shape index (κ1) is 23.4. The number of hydrogen-bond donors (Lipinski definition) is 2. The van der Waals surface area contributed by atoms with E-state index < -0.39 is 5.91 Å². The molecule has 0 spiro atoms. The second-order valence-electron chi connectivity index (χ2n) is 8.66. The minimum absolute atomic E-state index is 0.119. The molecule has 0 saturated carbocycles. The van der Waals surface area contributed by atoms with Crippen LogP contribution in [-0.4, -0.2) is 83.3 Å². The summed E-state index contributed by atoms with van der Waals surface area (Å²) in [5, 5.41) is 4.44. The first-order chi connectivity index (χ1) is 17.5. The number of amides is 1. The number of anilines is 3. The van der Waals surface area contributed by atoms with Crippen LogP contribution in [0.4, 0.5) is 17.6 Å². The van der Waals surface area contributed by atoms with Crippen molar-refractivity contribution in [1.29, 1.82) is 0 Å². The summed E-state index contributed by atoms with van der Waals surface area (Å²) in [6, 6.07) is 13.2. The van der Waals surface area contributed by atoms with Crippen LogP contribution in [0.3, 0.4) is 0 Å². The fourth-order valence-electron chi connectivity index (χ4n) is 4.14. The summed E-state index contributed by atoms with van der Waals surface area (Å²) in [5.41, 5.74) is 13.7. The minimum atomic E-state index is -0.488. The van der Waals surface area contributed by atoms with Crippen molar-refractivity contribution < 1.29 is 13.9 Å². The number of fused-ring (bicyclic) bond motifs is 1. The molecule has 4 N–H and O–H groups in total. The molecule has 0 atom stereocenters. The third-order valence-corrected chi connectivity index (χ3v) is 6.16. The Morgan fingerprint density at radius 1 is 1.14 bits per heavy atom. The van der Waals surface area contributed by atoms with E-state index in [-0.39, 0.29) is 12.6 Å². The van der Waals surface area contributed by atoms with Crippen LogP contribution in [0.5, 0.6) is 5.75 Å². The Labute approximate surface area is 208 Å². The number of ether oxygens (including phenoxy) is 1. The Morgan fingerprint density at radius 2 is 1.92 bits per heavy atom. The summed E-state index contributed by atoms with van der Waals surface area (Å²) < 4.78 is 12.3. The van der Waals surface area contributed by atoms with Gasteiger partial charge in [0.05, 0.1) is 6.26 Å². The van der Waals surface area contributed by atoms with E-state index in [4.69, 9.17) is 20.6 Å². The molecule has 1 fully saturated rings. The summed E-state index contributed by atoms with van der Waals surface area (Å²) in [5.74, 6) is 1.63. The van der Waals surface area contributed by atoms with Gasteiger partial charge in [0.2, 0.25) is 11.9 Å².